The molecule has 3 N–H and O–H groups in total. The highest BCUT2D eigenvalue weighted by atomic mass is 127. The summed E-state index contributed by atoms with van der Waals surface area (Å²) in [5.74, 6) is -0.752. The molecular formula is C18H18F4IN3O. The number of hydrogen-bond acceptors (Lipinski definition) is 2. The molecule has 0 heterocycles. The molecule has 0 aromatic heterocycles. The molecule has 9 heteroatoms. The molecule has 0 unspecified atom stereocenters. The van der Waals surface area contributed by atoms with E-state index < -0.39 is 12.1 Å². The smallest absolute Gasteiger partial charge is 0.404 e. The van der Waals surface area contributed by atoms with E-state index in [-0.39, 0.29) is 46.9 Å². The number of para-hydroxylation sites is 2. The largest absolute Gasteiger partial charge is 0.573 e. The van der Waals surface area contributed by atoms with Crippen molar-refractivity contribution in [2.24, 2.45) is 10.7 Å². The Morgan fingerprint density at radius 2 is 1.85 bits per heavy atom. The summed E-state index contributed by atoms with van der Waals surface area (Å²) in [5.41, 5.74) is 6.44. The molecule has 4 nitrogen and oxygen atoms in total. The predicted molar refractivity (Wildman–Crippen MR) is 106 cm³/mol. The van der Waals surface area contributed by atoms with Gasteiger partial charge in [0, 0.05) is 5.41 Å². The van der Waals surface area contributed by atoms with E-state index in [4.69, 9.17) is 5.73 Å². The number of guanidine groups is 1. The van der Waals surface area contributed by atoms with Gasteiger partial charge < -0.3 is 15.8 Å². The van der Waals surface area contributed by atoms with Crippen LogP contribution in [-0.4, -0.2) is 18.9 Å². The second-order valence-electron chi connectivity index (χ2n) is 6.16. The lowest BCUT2D eigenvalue weighted by Gasteiger charge is -2.16. The quantitative estimate of drug-likeness (QED) is 0.271. The van der Waals surface area contributed by atoms with Crippen molar-refractivity contribution >= 4 is 35.6 Å². The first-order valence-electron chi connectivity index (χ1n) is 7.95. The third-order valence-electron chi connectivity index (χ3n) is 4.22. The van der Waals surface area contributed by atoms with E-state index in [1.165, 1.54) is 30.3 Å². The van der Waals surface area contributed by atoms with E-state index in [0.29, 0.717) is 6.54 Å². The fraction of sp³-hybridized carbons (Fsp3) is 0.278. The van der Waals surface area contributed by atoms with Gasteiger partial charge in [-0.25, -0.2) is 4.39 Å². The van der Waals surface area contributed by atoms with Gasteiger partial charge in [0.05, 0.1) is 12.2 Å². The van der Waals surface area contributed by atoms with Crippen molar-refractivity contribution in [3.63, 3.8) is 0 Å². The van der Waals surface area contributed by atoms with Gasteiger partial charge in [0.15, 0.2) is 11.7 Å². The normalized spacial score (nSPS) is 15.6. The number of benzene rings is 2. The number of nitrogens with two attached hydrogens (primary N) is 1. The number of nitrogens with one attached hydrogen (secondary N) is 1. The second kappa shape index (κ2) is 8.32. The Morgan fingerprint density at radius 1 is 1.15 bits per heavy atom. The monoisotopic (exact) mass is 495 g/mol. The Kier molecular flexibility index (Phi) is 6.55. The zero-order valence-electron chi connectivity index (χ0n) is 14.1. The van der Waals surface area contributed by atoms with Gasteiger partial charge in [0.1, 0.15) is 5.82 Å². The van der Waals surface area contributed by atoms with Crippen LogP contribution in [0.15, 0.2) is 53.5 Å². The maximum absolute atomic E-state index is 13.4. The topological polar surface area (TPSA) is 59.6 Å². The number of ether oxygens (including phenoxy) is 1. The van der Waals surface area contributed by atoms with Crippen molar-refractivity contribution in [2.75, 3.05) is 11.9 Å². The predicted octanol–water partition coefficient (Wildman–Crippen LogP) is 4.80. The lowest BCUT2D eigenvalue weighted by atomic mass is 9.96. The highest BCUT2D eigenvalue weighted by Crippen LogP contribution is 2.48. The van der Waals surface area contributed by atoms with Crippen molar-refractivity contribution in [1.29, 1.82) is 0 Å². The summed E-state index contributed by atoms with van der Waals surface area (Å²) in [6.07, 6.45) is -3.11. The number of rotatable bonds is 5. The Morgan fingerprint density at radius 3 is 2.48 bits per heavy atom. The molecule has 0 saturated heterocycles. The summed E-state index contributed by atoms with van der Waals surface area (Å²) in [6, 6.07) is 11.9. The molecule has 1 aliphatic carbocycles. The Balaban J connectivity index is 0.00000261. The van der Waals surface area contributed by atoms with Gasteiger partial charge in [0.25, 0.3) is 0 Å². The van der Waals surface area contributed by atoms with Crippen LogP contribution < -0.4 is 15.8 Å². The minimum Gasteiger partial charge on any atom is -0.404 e. The molecule has 0 bridgehead atoms. The van der Waals surface area contributed by atoms with Crippen LogP contribution in [0.5, 0.6) is 5.75 Å². The van der Waals surface area contributed by atoms with Gasteiger partial charge in [-0.1, -0.05) is 24.3 Å². The number of anilines is 1. The highest BCUT2D eigenvalue weighted by molar-refractivity contribution is 14.0. The zero-order valence-corrected chi connectivity index (χ0v) is 16.4. The first-order chi connectivity index (χ1) is 12.3. The van der Waals surface area contributed by atoms with Crippen molar-refractivity contribution < 1.29 is 22.3 Å². The number of alkyl halides is 3. The summed E-state index contributed by atoms with van der Waals surface area (Å²) >= 11 is 0. The van der Waals surface area contributed by atoms with E-state index in [1.807, 2.05) is 6.07 Å². The van der Waals surface area contributed by atoms with Crippen LogP contribution in [0.3, 0.4) is 0 Å². The van der Waals surface area contributed by atoms with Crippen LogP contribution in [-0.2, 0) is 5.41 Å². The first-order valence-corrected chi connectivity index (χ1v) is 7.95. The average molecular weight is 495 g/mol. The van der Waals surface area contributed by atoms with E-state index >= 15 is 0 Å². The van der Waals surface area contributed by atoms with E-state index in [1.54, 1.807) is 12.1 Å². The maximum atomic E-state index is 13.4. The van der Waals surface area contributed by atoms with Crippen LogP contribution in [0, 0.1) is 5.82 Å². The van der Waals surface area contributed by atoms with Crippen LogP contribution in [0.4, 0.5) is 23.2 Å². The minimum atomic E-state index is -4.81. The summed E-state index contributed by atoms with van der Waals surface area (Å²) in [5, 5.41) is 2.62. The first kappa shape index (κ1) is 21.3. The fourth-order valence-electron chi connectivity index (χ4n) is 2.70. The summed E-state index contributed by atoms with van der Waals surface area (Å²) in [4.78, 5) is 4.22. The summed E-state index contributed by atoms with van der Waals surface area (Å²) < 4.78 is 54.7. The standard InChI is InChI=1S/C18H17F4N3O.HI/c19-13-5-3-4-12(10-13)17(8-9-17)11-24-16(23)25-14-6-1-2-7-15(14)26-18(20,21)22;/h1-7,10H,8-9,11H2,(H3,23,24,25);1H. The molecule has 0 amide bonds. The number of aliphatic imine (C=N–C) groups is 1. The molecule has 0 aliphatic heterocycles. The number of halogens is 5. The molecule has 27 heavy (non-hydrogen) atoms. The summed E-state index contributed by atoms with van der Waals surface area (Å²) in [7, 11) is 0. The third kappa shape index (κ3) is 5.72. The maximum Gasteiger partial charge on any atom is 0.573 e. The molecule has 0 spiro atoms. The molecule has 2 aromatic rings. The number of hydrogen-bond donors (Lipinski definition) is 2. The Hall–Kier alpha value is -2.04. The molecule has 1 aliphatic rings. The third-order valence-corrected chi connectivity index (χ3v) is 4.22. The van der Waals surface area contributed by atoms with E-state index in [0.717, 1.165) is 18.4 Å². The zero-order chi connectivity index (χ0) is 18.8. The lowest BCUT2D eigenvalue weighted by molar-refractivity contribution is -0.274. The van der Waals surface area contributed by atoms with Gasteiger partial charge in [-0.15, -0.1) is 37.1 Å². The van der Waals surface area contributed by atoms with Gasteiger partial charge in [-0.3, -0.25) is 4.99 Å². The molecular weight excluding hydrogens is 477 g/mol. The second-order valence-corrected chi connectivity index (χ2v) is 6.16. The van der Waals surface area contributed by atoms with Crippen LogP contribution in [0.2, 0.25) is 0 Å². The molecule has 146 valence electrons. The van der Waals surface area contributed by atoms with Gasteiger partial charge in [0.2, 0.25) is 0 Å². The van der Waals surface area contributed by atoms with Crippen LogP contribution in [0.25, 0.3) is 0 Å². The van der Waals surface area contributed by atoms with Crippen LogP contribution in [0.1, 0.15) is 18.4 Å². The summed E-state index contributed by atoms with van der Waals surface area (Å²) in [6.45, 7) is 0.317. The van der Waals surface area contributed by atoms with Gasteiger partial charge >= 0.3 is 6.36 Å². The van der Waals surface area contributed by atoms with Crippen molar-refractivity contribution in [2.45, 2.75) is 24.6 Å². The SMILES string of the molecule is I.NC(=NCC1(c2cccc(F)c2)CC1)Nc1ccccc1OC(F)(F)F. The molecule has 0 atom stereocenters. The molecule has 0 radical (unpaired) electrons. The average Bonchev–Trinajstić information content (AvgIpc) is 3.35. The van der Waals surface area contributed by atoms with Crippen LogP contribution >= 0.6 is 24.0 Å². The van der Waals surface area contributed by atoms with E-state index in [9.17, 15) is 17.6 Å². The molecule has 2 aromatic carbocycles. The van der Waals surface area contributed by atoms with Crippen molar-refractivity contribution in [3.8, 4) is 5.75 Å². The number of nitrogens with zero attached hydrogens (tertiary/aromatic N) is 1. The molecule has 1 saturated carbocycles. The highest BCUT2D eigenvalue weighted by Gasteiger charge is 2.44. The van der Waals surface area contributed by atoms with E-state index in [2.05, 4.69) is 15.0 Å². The fourth-order valence-corrected chi connectivity index (χ4v) is 2.70. The molecule has 3 rings (SSSR count). The van der Waals surface area contributed by atoms with Crippen molar-refractivity contribution in [3.05, 3.63) is 59.9 Å². The Bertz CT molecular complexity index is 822. The van der Waals surface area contributed by atoms with Gasteiger partial charge in [-0.05, 0) is 42.7 Å². The van der Waals surface area contributed by atoms with Crippen molar-refractivity contribution in [1.82, 2.24) is 0 Å². The lowest BCUT2D eigenvalue weighted by Crippen LogP contribution is -2.26. The molecule has 1 fully saturated rings. The Labute approximate surface area is 170 Å². The minimum absolute atomic E-state index is 0. The van der Waals surface area contributed by atoms with Gasteiger partial charge in [-0.2, -0.15) is 0 Å².